The first-order valence-corrected chi connectivity index (χ1v) is 6.73. The minimum atomic E-state index is -1.01. The molecule has 0 aliphatic carbocycles. The molecule has 114 valence electrons. The zero-order valence-electron chi connectivity index (χ0n) is 11.1. The number of anilines is 1. The maximum absolute atomic E-state index is 11.0. The van der Waals surface area contributed by atoms with Crippen molar-refractivity contribution < 1.29 is 19.6 Å². The van der Waals surface area contributed by atoms with Gasteiger partial charge in [0.1, 0.15) is 6.61 Å². The van der Waals surface area contributed by atoms with Crippen LogP contribution in [0.4, 0.5) is 11.5 Å². The molecule has 0 unspecified atom stereocenters. The average Bonchev–Trinajstić information content (AvgIpc) is 2.45. The highest BCUT2D eigenvalue weighted by molar-refractivity contribution is 6.30. The van der Waals surface area contributed by atoms with E-state index in [0.29, 0.717) is 25.9 Å². The standard InChI is InChI=1S/C12H14ClN3O5/c13-8-5-10(16(19)20)12(14-6-8)15-3-1-9(2-4-15)21-7-11(17)18/h5-6,9H,1-4,7H2,(H,17,18). The molecule has 0 bridgehead atoms. The first-order valence-electron chi connectivity index (χ1n) is 6.35. The summed E-state index contributed by atoms with van der Waals surface area (Å²) in [5, 5.41) is 19.8. The van der Waals surface area contributed by atoms with Crippen LogP contribution in [0.3, 0.4) is 0 Å². The summed E-state index contributed by atoms with van der Waals surface area (Å²) in [5.41, 5.74) is -0.132. The van der Waals surface area contributed by atoms with Gasteiger partial charge in [0, 0.05) is 25.4 Å². The van der Waals surface area contributed by atoms with Crippen molar-refractivity contribution in [3.8, 4) is 0 Å². The Hall–Kier alpha value is -1.93. The lowest BCUT2D eigenvalue weighted by Gasteiger charge is -2.32. The number of nitro groups is 1. The fraction of sp³-hybridized carbons (Fsp3) is 0.500. The summed E-state index contributed by atoms with van der Waals surface area (Å²) in [6.07, 6.45) is 2.41. The van der Waals surface area contributed by atoms with Gasteiger partial charge in [0.2, 0.25) is 5.82 Å². The number of halogens is 1. The van der Waals surface area contributed by atoms with Crippen LogP contribution >= 0.6 is 11.6 Å². The zero-order chi connectivity index (χ0) is 15.4. The summed E-state index contributed by atoms with van der Waals surface area (Å²) < 4.78 is 5.22. The SMILES string of the molecule is O=C(O)COC1CCN(c2ncc(Cl)cc2[N+](=O)[O-])CC1. The lowest BCUT2D eigenvalue weighted by atomic mass is 10.1. The van der Waals surface area contributed by atoms with Crippen LogP contribution in [-0.2, 0) is 9.53 Å². The smallest absolute Gasteiger partial charge is 0.329 e. The third-order valence-electron chi connectivity index (χ3n) is 3.19. The summed E-state index contributed by atoms with van der Waals surface area (Å²) in [4.78, 5) is 26.8. The van der Waals surface area contributed by atoms with Crippen LogP contribution in [0.1, 0.15) is 12.8 Å². The molecule has 0 spiro atoms. The minimum Gasteiger partial charge on any atom is -0.480 e. The second-order valence-corrected chi connectivity index (χ2v) is 5.08. The van der Waals surface area contributed by atoms with Crippen LogP contribution in [0, 0.1) is 10.1 Å². The molecule has 2 rings (SSSR count). The van der Waals surface area contributed by atoms with Gasteiger partial charge in [-0.1, -0.05) is 11.6 Å². The van der Waals surface area contributed by atoms with Crippen molar-refractivity contribution in [2.24, 2.45) is 0 Å². The van der Waals surface area contributed by atoms with E-state index in [1.54, 1.807) is 4.90 Å². The number of carboxylic acids is 1. The predicted molar refractivity (Wildman–Crippen MR) is 74.7 cm³/mol. The molecule has 1 saturated heterocycles. The van der Waals surface area contributed by atoms with Gasteiger partial charge in [0.25, 0.3) is 0 Å². The van der Waals surface area contributed by atoms with Crippen molar-refractivity contribution in [1.29, 1.82) is 0 Å². The Balaban J connectivity index is 2.02. The number of hydrogen-bond acceptors (Lipinski definition) is 6. The third kappa shape index (κ3) is 4.02. The van der Waals surface area contributed by atoms with Crippen molar-refractivity contribution >= 4 is 29.1 Å². The number of ether oxygens (including phenoxy) is 1. The molecule has 9 heteroatoms. The topological polar surface area (TPSA) is 106 Å². The highest BCUT2D eigenvalue weighted by Crippen LogP contribution is 2.30. The van der Waals surface area contributed by atoms with Crippen molar-refractivity contribution in [3.05, 3.63) is 27.4 Å². The molecule has 1 aromatic heterocycles. The fourth-order valence-corrected chi connectivity index (χ4v) is 2.37. The molecule has 1 aromatic rings. The quantitative estimate of drug-likeness (QED) is 0.651. The molecule has 1 fully saturated rings. The second-order valence-electron chi connectivity index (χ2n) is 4.64. The molecule has 0 aromatic carbocycles. The van der Waals surface area contributed by atoms with Gasteiger partial charge >= 0.3 is 11.7 Å². The van der Waals surface area contributed by atoms with E-state index in [9.17, 15) is 14.9 Å². The average molecular weight is 316 g/mol. The van der Waals surface area contributed by atoms with Gasteiger partial charge in [0.15, 0.2) is 0 Å². The maximum Gasteiger partial charge on any atom is 0.329 e. The summed E-state index contributed by atoms with van der Waals surface area (Å²) in [5.74, 6) is -0.728. The van der Waals surface area contributed by atoms with Crippen LogP contribution in [0.15, 0.2) is 12.3 Å². The van der Waals surface area contributed by atoms with Crippen LogP contribution < -0.4 is 4.90 Å². The van der Waals surface area contributed by atoms with Gasteiger partial charge in [-0.15, -0.1) is 0 Å². The van der Waals surface area contributed by atoms with Crippen LogP contribution in [0.2, 0.25) is 5.02 Å². The third-order valence-corrected chi connectivity index (χ3v) is 3.40. The summed E-state index contributed by atoms with van der Waals surface area (Å²) in [6, 6.07) is 1.27. The van der Waals surface area contributed by atoms with E-state index in [-0.39, 0.29) is 29.2 Å². The Labute approximate surface area is 125 Å². The lowest BCUT2D eigenvalue weighted by Crippen LogP contribution is -2.38. The van der Waals surface area contributed by atoms with E-state index in [4.69, 9.17) is 21.4 Å². The molecule has 8 nitrogen and oxygen atoms in total. The van der Waals surface area contributed by atoms with Crippen molar-refractivity contribution in [1.82, 2.24) is 4.98 Å². The number of carbonyl (C=O) groups is 1. The summed E-state index contributed by atoms with van der Waals surface area (Å²) >= 11 is 5.73. The molecule has 0 radical (unpaired) electrons. The van der Waals surface area contributed by atoms with E-state index in [2.05, 4.69) is 4.98 Å². The highest BCUT2D eigenvalue weighted by atomic mass is 35.5. The van der Waals surface area contributed by atoms with E-state index >= 15 is 0 Å². The first kappa shape index (κ1) is 15.5. The highest BCUT2D eigenvalue weighted by Gasteiger charge is 2.27. The molecule has 0 amide bonds. The Morgan fingerprint density at radius 2 is 2.24 bits per heavy atom. The maximum atomic E-state index is 11.0. The van der Waals surface area contributed by atoms with E-state index in [1.165, 1.54) is 12.3 Å². The van der Waals surface area contributed by atoms with Crippen LogP contribution in [0.5, 0.6) is 0 Å². The lowest BCUT2D eigenvalue weighted by molar-refractivity contribution is -0.384. The van der Waals surface area contributed by atoms with Crippen LogP contribution in [-0.4, -0.2) is 46.8 Å². The van der Waals surface area contributed by atoms with Gasteiger partial charge in [-0.05, 0) is 12.8 Å². The first-order chi connectivity index (χ1) is 9.97. The number of rotatable bonds is 5. The monoisotopic (exact) mass is 315 g/mol. The van der Waals surface area contributed by atoms with E-state index < -0.39 is 10.9 Å². The number of piperidine rings is 1. The predicted octanol–water partition coefficient (Wildman–Crippen LogP) is 1.71. The number of aliphatic carboxylic acids is 1. The van der Waals surface area contributed by atoms with Gasteiger partial charge in [-0.25, -0.2) is 9.78 Å². The normalized spacial score (nSPS) is 16.0. The molecule has 1 N–H and O–H groups in total. The summed E-state index contributed by atoms with van der Waals surface area (Å²) in [6.45, 7) is 0.698. The number of pyridine rings is 1. The van der Waals surface area contributed by atoms with Gasteiger partial charge in [-0.3, -0.25) is 10.1 Å². The number of nitrogens with zero attached hydrogens (tertiary/aromatic N) is 3. The molecular weight excluding hydrogens is 302 g/mol. The largest absolute Gasteiger partial charge is 0.480 e. The second kappa shape index (κ2) is 6.68. The Kier molecular flexibility index (Phi) is 4.92. The minimum absolute atomic E-state index is 0.132. The molecule has 1 aliphatic rings. The Morgan fingerprint density at radius 3 is 2.81 bits per heavy atom. The molecule has 21 heavy (non-hydrogen) atoms. The van der Waals surface area contributed by atoms with Gasteiger partial charge in [0.05, 0.1) is 16.0 Å². The number of aromatic nitrogens is 1. The number of hydrogen-bond donors (Lipinski definition) is 1. The van der Waals surface area contributed by atoms with Gasteiger partial charge in [-0.2, -0.15) is 0 Å². The van der Waals surface area contributed by atoms with Crippen molar-refractivity contribution in [3.63, 3.8) is 0 Å². The molecule has 2 heterocycles. The molecule has 1 aliphatic heterocycles. The fourth-order valence-electron chi connectivity index (χ4n) is 2.22. The zero-order valence-corrected chi connectivity index (χ0v) is 11.8. The molecule has 0 atom stereocenters. The van der Waals surface area contributed by atoms with Crippen LogP contribution in [0.25, 0.3) is 0 Å². The molecular formula is C12H14ClN3O5. The van der Waals surface area contributed by atoms with E-state index in [1.807, 2.05) is 0 Å². The van der Waals surface area contributed by atoms with E-state index in [0.717, 1.165) is 0 Å². The Morgan fingerprint density at radius 1 is 1.57 bits per heavy atom. The summed E-state index contributed by atoms with van der Waals surface area (Å²) in [7, 11) is 0. The van der Waals surface area contributed by atoms with Crippen molar-refractivity contribution in [2.75, 3.05) is 24.6 Å². The molecule has 0 saturated carbocycles. The van der Waals surface area contributed by atoms with Crippen molar-refractivity contribution in [2.45, 2.75) is 18.9 Å². The number of carboxylic acid groups (broad SMARTS) is 1. The Bertz CT molecular complexity index is 546. The van der Waals surface area contributed by atoms with Gasteiger partial charge < -0.3 is 14.7 Å².